The summed E-state index contributed by atoms with van der Waals surface area (Å²) in [5.41, 5.74) is 5.13. The SMILES string of the molecule is CC(N)C(=O)N1CC(CO)OC(C)(C)C1. The van der Waals surface area contributed by atoms with Crippen LogP contribution in [0.25, 0.3) is 0 Å². The molecule has 1 heterocycles. The van der Waals surface area contributed by atoms with Crippen LogP contribution in [0.4, 0.5) is 0 Å². The smallest absolute Gasteiger partial charge is 0.239 e. The van der Waals surface area contributed by atoms with E-state index in [1.165, 1.54) is 0 Å². The molecular weight excluding hydrogens is 196 g/mol. The first kappa shape index (κ1) is 12.4. The highest BCUT2D eigenvalue weighted by molar-refractivity contribution is 5.81. The maximum absolute atomic E-state index is 11.7. The van der Waals surface area contributed by atoms with Crippen LogP contribution in [0.1, 0.15) is 20.8 Å². The van der Waals surface area contributed by atoms with Crippen molar-refractivity contribution < 1.29 is 14.6 Å². The summed E-state index contributed by atoms with van der Waals surface area (Å²) in [5.74, 6) is -0.0928. The minimum absolute atomic E-state index is 0.0772. The number of carbonyl (C=O) groups is 1. The van der Waals surface area contributed by atoms with Gasteiger partial charge in [0.2, 0.25) is 5.91 Å². The molecule has 5 nitrogen and oxygen atoms in total. The summed E-state index contributed by atoms with van der Waals surface area (Å²) in [6.07, 6.45) is -0.309. The third kappa shape index (κ3) is 3.15. The molecule has 0 aromatic rings. The van der Waals surface area contributed by atoms with Crippen molar-refractivity contribution in [3.8, 4) is 0 Å². The van der Waals surface area contributed by atoms with E-state index in [9.17, 15) is 4.79 Å². The van der Waals surface area contributed by atoms with Gasteiger partial charge in [-0.15, -0.1) is 0 Å². The quantitative estimate of drug-likeness (QED) is 0.642. The normalized spacial score (nSPS) is 27.5. The topological polar surface area (TPSA) is 75.8 Å². The van der Waals surface area contributed by atoms with Gasteiger partial charge in [0.05, 0.1) is 24.4 Å². The summed E-state index contributed by atoms with van der Waals surface area (Å²) in [7, 11) is 0. The van der Waals surface area contributed by atoms with Gasteiger partial charge in [0.25, 0.3) is 0 Å². The molecule has 3 N–H and O–H groups in total. The highest BCUT2D eigenvalue weighted by Gasteiger charge is 2.35. The van der Waals surface area contributed by atoms with Gasteiger partial charge in [0.15, 0.2) is 0 Å². The number of aliphatic hydroxyl groups is 1. The number of morpholine rings is 1. The molecule has 1 rings (SSSR count). The minimum atomic E-state index is -0.502. The molecule has 0 saturated carbocycles. The number of amides is 1. The molecular formula is C10H20N2O3. The zero-order chi connectivity index (χ0) is 11.6. The van der Waals surface area contributed by atoms with Crippen molar-refractivity contribution in [1.29, 1.82) is 0 Å². The molecule has 0 aromatic carbocycles. The number of nitrogens with two attached hydrogens (primary N) is 1. The standard InChI is InChI=1S/C10H20N2O3/c1-7(11)9(14)12-4-8(5-13)15-10(2,3)6-12/h7-8,13H,4-6,11H2,1-3H3. The highest BCUT2D eigenvalue weighted by Crippen LogP contribution is 2.21. The first-order valence-corrected chi connectivity index (χ1v) is 5.19. The number of rotatable bonds is 2. The molecule has 5 heteroatoms. The summed E-state index contributed by atoms with van der Waals surface area (Å²) in [4.78, 5) is 13.4. The van der Waals surface area contributed by atoms with Gasteiger partial charge in [-0.2, -0.15) is 0 Å². The summed E-state index contributed by atoms with van der Waals surface area (Å²) in [6.45, 7) is 6.32. The van der Waals surface area contributed by atoms with Gasteiger partial charge < -0.3 is 20.5 Å². The molecule has 0 radical (unpaired) electrons. The van der Waals surface area contributed by atoms with E-state index >= 15 is 0 Å². The molecule has 0 bridgehead atoms. The Labute approximate surface area is 90.2 Å². The molecule has 1 fully saturated rings. The van der Waals surface area contributed by atoms with Crippen molar-refractivity contribution >= 4 is 5.91 Å². The molecule has 88 valence electrons. The van der Waals surface area contributed by atoms with Gasteiger partial charge in [-0.05, 0) is 20.8 Å². The van der Waals surface area contributed by atoms with Crippen LogP contribution in [-0.4, -0.2) is 53.4 Å². The van der Waals surface area contributed by atoms with E-state index in [-0.39, 0.29) is 18.6 Å². The van der Waals surface area contributed by atoms with Crippen LogP contribution in [0, 0.1) is 0 Å². The first-order chi connectivity index (χ1) is 6.85. The van der Waals surface area contributed by atoms with Crippen LogP contribution < -0.4 is 5.73 Å². The third-order valence-corrected chi connectivity index (χ3v) is 2.39. The predicted molar refractivity (Wildman–Crippen MR) is 56.3 cm³/mol. The monoisotopic (exact) mass is 216 g/mol. The lowest BCUT2D eigenvalue weighted by Gasteiger charge is -2.42. The number of ether oxygens (including phenoxy) is 1. The Morgan fingerprint density at radius 3 is 2.80 bits per heavy atom. The van der Waals surface area contributed by atoms with Crippen molar-refractivity contribution in [3.05, 3.63) is 0 Å². The van der Waals surface area contributed by atoms with Crippen LogP contribution in [0.3, 0.4) is 0 Å². The lowest BCUT2D eigenvalue weighted by molar-refractivity contribution is -0.167. The number of hydrogen-bond donors (Lipinski definition) is 2. The van der Waals surface area contributed by atoms with Crippen molar-refractivity contribution in [2.75, 3.05) is 19.7 Å². The molecule has 1 aliphatic rings. The molecule has 1 saturated heterocycles. The molecule has 1 amide bonds. The second-order valence-corrected chi connectivity index (χ2v) is 4.69. The number of carbonyl (C=O) groups excluding carboxylic acids is 1. The Kier molecular flexibility index (Phi) is 3.70. The second kappa shape index (κ2) is 4.47. The van der Waals surface area contributed by atoms with Crippen LogP contribution in [0.2, 0.25) is 0 Å². The van der Waals surface area contributed by atoms with Crippen molar-refractivity contribution in [1.82, 2.24) is 4.90 Å². The van der Waals surface area contributed by atoms with E-state index < -0.39 is 11.6 Å². The molecule has 15 heavy (non-hydrogen) atoms. The largest absolute Gasteiger partial charge is 0.394 e. The highest BCUT2D eigenvalue weighted by atomic mass is 16.5. The van der Waals surface area contributed by atoms with Crippen molar-refractivity contribution in [3.63, 3.8) is 0 Å². The number of nitrogens with zero attached hydrogens (tertiary/aromatic N) is 1. The van der Waals surface area contributed by atoms with Crippen molar-refractivity contribution in [2.45, 2.75) is 38.5 Å². The van der Waals surface area contributed by atoms with E-state index in [1.807, 2.05) is 13.8 Å². The maximum Gasteiger partial charge on any atom is 0.239 e. The van der Waals surface area contributed by atoms with Crippen molar-refractivity contribution in [2.24, 2.45) is 5.73 Å². The van der Waals surface area contributed by atoms with Gasteiger partial charge in [0, 0.05) is 13.1 Å². The average Bonchev–Trinajstić information content (AvgIpc) is 2.13. The fourth-order valence-electron chi connectivity index (χ4n) is 1.85. The summed E-state index contributed by atoms with van der Waals surface area (Å²) in [6, 6.07) is -0.502. The Morgan fingerprint density at radius 2 is 2.33 bits per heavy atom. The molecule has 1 aliphatic heterocycles. The second-order valence-electron chi connectivity index (χ2n) is 4.69. The first-order valence-electron chi connectivity index (χ1n) is 5.19. The minimum Gasteiger partial charge on any atom is -0.394 e. The maximum atomic E-state index is 11.7. The predicted octanol–water partition coefficient (Wildman–Crippen LogP) is -0.668. The fourth-order valence-corrected chi connectivity index (χ4v) is 1.85. The van der Waals surface area contributed by atoms with Crippen LogP contribution in [0.15, 0.2) is 0 Å². The molecule has 2 atom stereocenters. The number of aliphatic hydroxyl groups excluding tert-OH is 1. The Hall–Kier alpha value is -0.650. The summed E-state index contributed by atoms with van der Waals surface area (Å²) < 4.78 is 5.60. The fraction of sp³-hybridized carbons (Fsp3) is 0.900. The lowest BCUT2D eigenvalue weighted by Crippen LogP contribution is -2.58. The third-order valence-electron chi connectivity index (χ3n) is 2.39. The van der Waals surface area contributed by atoms with Gasteiger partial charge in [-0.25, -0.2) is 0 Å². The van der Waals surface area contributed by atoms with E-state index in [1.54, 1.807) is 11.8 Å². The van der Waals surface area contributed by atoms with Crippen LogP contribution >= 0.6 is 0 Å². The van der Waals surface area contributed by atoms with E-state index in [2.05, 4.69) is 0 Å². The van der Waals surface area contributed by atoms with Gasteiger partial charge in [-0.3, -0.25) is 4.79 Å². The molecule has 0 aliphatic carbocycles. The zero-order valence-corrected chi connectivity index (χ0v) is 9.56. The van der Waals surface area contributed by atoms with Gasteiger partial charge >= 0.3 is 0 Å². The molecule has 2 unspecified atom stereocenters. The van der Waals surface area contributed by atoms with E-state index in [4.69, 9.17) is 15.6 Å². The number of hydrogen-bond acceptors (Lipinski definition) is 4. The Morgan fingerprint density at radius 1 is 1.73 bits per heavy atom. The summed E-state index contributed by atoms with van der Waals surface area (Å²) in [5, 5.41) is 9.07. The average molecular weight is 216 g/mol. The van der Waals surface area contributed by atoms with Gasteiger partial charge in [-0.1, -0.05) is 0 Å². The summed E-state index contributed by atoms with van der Waals surface area (Å²) >= 11 is 0. The zero-order valence-electron chi connectivity index (χ0n) is 9.56. The Balaban J connectivity index is 2.70. The van der Waals surface area contributed by atoms with Gasteiger partial charge in [0.1, 0.15) is 0 Å². The van der Waals surface area contributed by atoms with E-state index in [0.29, 0.717) is 13.1 Å². The van der Waals surface area contributed by atoms with Crippen LogP contribution in [0.5, 0.6) is 0 Å². The molecule has 0 spiro atoms. The lowest BCUT2D eigenvalue weighted by atomic mass is 10.0. The Bertz CT molecular complexity index is 241. The van der Waals surface area contributed by atoms with E-state index in [0.717, 1.165) is 0 Å². The van der Waals surface area contributed by atoms with Crippen LogP contribution in [-0.2, 0) is 9.53 Å². The molecule has 0 aromatic heterocycles.